The number of hydrogen-bond donors (Lipinski definition) is 0. The molecule has 0 saturated heterocycles. The Morgan fingerprint density at radius 2 is 1.37 bits per heavy atom. The van der Waals surface area contributed by atoms with Crippen molar-refractivity contribution in [3.05, 3.63) is 119 Å². The van der Waals surface area contributed by atoms with Crippen LogP contribution in [0.3, 0.4) is 0 Å². The van der Waals surface area contributed by atoms with Crippen molar-refractivity contribution in [1.82, 2.24) is 0 Å². The Hall–Kier alpha value is -3.79. The van der Waals surface area contributed by atoms with Crippen molar-refractivity contribution in [2.45, 2.75) is 26.7 Å². The van der Waals surface area contributed by atoms with Crippen LogP contribution < -0.4 is 4.74 Å². The van der Waals surface area contributed by atoms with Gasteiger partial charge in [-0.1, -0.05) is 72.8 Å². The molecule has 0 spiro atoms. The van der Waals surface area contributed by atoms with Crippen LogP contribution in [0, 0.1) is 17.5 Å². The zero-order chi connectivity index (χ0) is 24.8. The Balaban J connectivity index is 1.45. The minimum Gasteiger partial charge on any atom is -0.494 e. The largest absolute Gasteiger partial charge is 0.494 e. The number of benzene rings is 4. The molecule has 4 aromatic rings. The average molecular weight is 473 g/mol. The number of halogens is 3. The first-order chi connectivity index (χ1) is 17.0. The van der Waals surface area contributed by atoms with Gasteiger partial charge in [-0.05, 0) is 66.6 Å². The molecule has 0 fully saturated rings. The van der Waals surface area contributed by atoms with Crippen molar-refractivity contribution in [2.24, 2.45) is 0 Å². The van der Waals surface area contributed by atoms with Gasteiger partial charge in [0, 0.05) is 17.2 Å². The van der Waals surface area contributed by atoms with E-state index in [-0.39, 0.29) is 11.4 Å². The van der Waals surface area contributed by atoms with Crippen molar-refractivity contribution in [3.8, 4) is 28.0 Å². The standard InChI is InChI=1S/C31H27F3O/c1-3-5-21-6-13-24(14-7-21)28-18-16-25(30(33)31(28)34)15-10-22-8-11-23(12-9-22)27-19-17-26(35-4-2)20-29(27)32/h3,5-9,11-14,16-20H,4,10,15H2,1-2H3/b5-3+. The van der Waals surface area contributed by atoms with Crippen molar-refractivity contribution in [1.29, 1.82) is 0 Å². The van der Waals surface area contributed by atoms with Gasteiger partial charge >= 0.3 is 0 Å². The second kappa shape index (κ2) is 11.1. The van der Waals surface area contributed by atoms with E-state index in [4.69, 9.17) is 4.74 Å². The number of ether oxygens (including phenoxy) is 1. The van der Waals surface area contributed by atoms with E-state index < -0.39 is 11.6 Å². The average Bonchev–Trinajstić information content (AvgIpc) is 2.87. The highest BCUT2D eigenvalue weighted by atomic mass is 19.2. The third-order valence-electron chi connectivity index (χ3n) is 5.94. The van der Waals surface area contributed by atoms with Crippen LogP contribution in [0.5, 0.6) is 5.75 Å². The fourth-order valence-electron chi connectivity index (χ4n) is 4.09. The van der Waals surface area contributed by atoms with Gasteiger partial charge < -0.3 is 4.74 Å². The van der Waals surface area contributed by atoms with Crippen LogP contribution in [0.2, 0.25) is 0 Å². The predicted molar refractivity (Wildman–Crippen MR) is 137 cm³/mol. The lowest BCUT2D eigenvalue weighted by atomic mass is 9.97. The minimum atomic E-state index is -0.831. The molecular weight excluding hydrogens is 445 g/mol. The smallest absolute Gasteiger partial charge is 0.166 e. The molecular formula is C31H27F3O. The Bertz CT molecular complexity index is 1320. The molecule has 0 N–H and O–H groups in total. The van der Waals surface area contributed by atoms with Crippen molar-refractivity contribution >= 4 is 6.08 Å². The van der Waals surface area contributed by atoms with Gasteiger partial charge in [-0.15, -0.1) is 0 Å². The van der Waals surface area contributed by atoms with E-state index in [9.17, 15) is 13.2 Å². The van der Waals surface area contributed by atoms with Crippen LogP contribution >= 0.6 is 0 Å². The predicted octanol–water partition coefficient (Wildman–Crippen LogP) is 8.65. The highest BCUT2D eigenvalue weighted by Crippen LogP contribution is 2.29. The van der Waals surface area contributed by atoms with Gasteiger partial charge in [0.25, 0.3) is 0 Å². The highest BCUT2D eigenvalue weighted by molar-refractivity contribution is 5.67. The van der Waals surface area contributed by atoms with Gasteiger partial charge in [-0.3, -0.25) is 0 Å². The minimum absolute atomic E-state index is 0.250. The van der Waals surface area contributed by atoms with Crippen LogP contribution in [0.15, 0.2) is 84.9 Å². The van der Waals surface area contributed by atoms with Crippen LogP contribution in [0.25, 0.3) is 28.3 Å². The first-order valence-electron chi connectivity index (χ1n) is 11.7. The van der Waals surface area contributed by atoms with E-state index in [1.807, 2.05) is 62.4 Å². The molecule has 1 nitrogen and oxygen atoms in total. The molecule has 0 radical (unpaired) electrons. The summed E-state index contributed by atoms with van der Waals surface area (Å²) in [6.07, 6.45) is 4.78. The maximum atomic E-state index is 14.8. The maximum absolute atomic E-state index is 14.8. The molecule has 0 unspecified atom stereocenters. The topological polar surface area (TPSA) is 9.23 Å². The molecule has 178 valence electrons. The van der Waals surface area contributed by atoms with Crippen LogP contribution in [-0.4, -0.2) is 6.61 Å². The summed E-state index contributed by atoms with van der Waals surface area (Å²) in [6.45, 7) is 4.26. The molecule has 0 aliphatic carbocycles. The third-order valence-corrected chi connectivity index (χ3v) is 5.94. The molecule has 0 bridgehead atoms. The molecule has 4 aromatic carbocycles. The van der Waals surface area contributed by atoms with Crippen molar-refractivity contribution in [2.75, 3.05) is 6.61 Å². The van der Waals surface area contributed by atoms with E-state index >= 15 is 0 Å². The zero-order valence-corrected chi connectivity index (χ0v) is 19.8. The fraction of sp³-hybridized carbons (Fsp3) is 0.161. The number of allylic oxidation sites excluding steroid dienone is 1. The quantitative estimate of drug-likeness (QED) is 0.249. The third kappa shape index (κ3) is 5.65. The number of hydrogen-bond acceptors (Lipinski definition) is 1. The summed E-state index contributed by atoms with van der Waals surface area (Å²) in [5.41, 5.74) is 4.42. The van der Waals surface area contributed by atoms with E-state index in [1.165, 1.54) is 6.07 Å². The summed E-state index contributed by atoms with van der Waals surface area (Å²) >= 11 is 0. The molecule has 0 aliphatic heterocycles. The summed E-state index contributed by atoms with van der Waals surface area (Å²) in [5, 5.41) is 0. The molecule has 0 heterocycles. The fourth-order valence-corrected chi connectivity index (χ4v) is 4.09. The molecule has 0 atom stereocenters. The van der Waals surface area contributed by atoms with Gasteiger partial charge in [-0.2, -0.15) is 0 Å². The molecule has 35 heavy (non-hydrogen) atoms. The summed E-state index contributed by atoms with van der Waals surface area (Å²) < 4.78 is 49.5. The second-order valence-electron chi connectivity index (χ2n) is 8.29. The van der Waals surface area contributed by atoms with Crippen molar-refractivity contribution < 1.29 is 17.9 Å². The maximum Gasteiger partial charge on any atom is 0.166 e. The first kappa shape index (κ1) is 24.3. The lowest BCUT2D eigenvalue weighted by Gasteiger charge is -2.10. The molecule has 0 amide bonds. The second-order valence-corrected chi connectivity index (χ2v) is 8.29. The summed E-state index contributed by atoms with van der Waals surface area (Å²) in [4.78, 5) is 0. The molecule has 4 heteroatoms. The Morgan fingerprint density at radius 1 is 0.714 bits per heavy atom. The van der Waals surface area contributed by atoms with Crippen LogP contribution in [0.4, 0.5) is 13.2 Å². The Kier molecular flexibility index (Phi) is 7.71. The number of aryl methyl sites for hydroxylation is 2. The van der Waals surface area contributed by atoms with Gasteiger partial charge in [0.1, 0.15) is 11.6 Å². The summed E-state index contributed by atoms with van der Waals surface area (Å²) in [7, 11) is 0. The van der Waals surface area contributed by atoms with E-state index in [2.05, 4.69) is 0 Å². The Morgan fingerprint density at radius 3 is 2.03 bits per heavy atom. The first-order valence-corrected chi connectivity index (χ1v) is 11.7. The lowest BCUT2D eigenvalue weighted by molar-refractivity contribution is 0.338. The van der Waals surface area contributed by atoms with Crippen LogP contribution in [-0.2, 0) is 12.8 Å². The van der Waals surface area contributed by atoms with Crippen LogP contribution in [0.1, 0.15) is 30.5 Å². The summed E-state index contributed by atoms with van der Waals surface area (Å²) in [5.74, 6) is -1.50. The molecule has 0 aliphatic rings. The van der Waals surface area contributed by atoms with Gasteiger partial charge in [0.05, 0.1) is 6.61 Å². The Labute approximate surface area is 204 Å². The highest BCUT2D eigenvalue weighted by Gasteiger charge is 2.15. The molecule has 4 rings (SSSR count). The van der Waals surface area contributed by atoms with Gasteiger partial charge in [-0.25, -0.2) is 13.2 Å². The SMILES string of the molecule is C/C=C/c1ccc(-c2ccc(CCc3ccc(-c4ccc(OCC)cc4F)cc3)c(F)c2F)cc1. The number of rotatable bonds is 8. The normalized spacial score (nSPS) is 11.2. The lowest BCUT2D eigenvalue weighted by Crippen LogP contribution is -2.00. The van der Waals surface area contributed by atoms with E-state index in [0.29, 0.717) is 41.9 Å². The van der Waals surface area contributed by atoms with Gasteiger partial charge in [0.15, 0.2) is 11.6 Å². The van der Waals surface area contributed by atoms with Gasteiger partial charge in [0.2, 0.25) is 0 Å². The summed E-state index contributed by atoms with van der Waals surface area (Å²) in [6, 6.07) is 22.9. The van der Waals surface area contributed by atoms with Crippen molar-refractivity contribution in [3.63, 3.8) is 0 Å². The van der Waals surface area contributed by atoms with E-state index in [0.717, 1.165) is 16.7 Å². The molecule has 0 aromatic heterocycles. The van der Waals surface area contributed by atoms with E-state index in [1.54, 1.807) is 36.4 Å². The monoisotopic (exact) mass is 472 g/mol. The zero-order valence-electron chi connectivity index (χ0n) is 19.8. The molecule has 0 saturated carbocycles.